The first-order chi connectivity index (χ1) is 16.4. The van der Waals surface area contributed by atoms with E-state index in [9.17, 15) is 9.18 Å². The molecule has 1 heterocycles. The summed E-state index contributed by atoms with van der Waals surface area (Å²) in [7, 11) is 1.54. The molecule has 4 rings (SSSR count). The molecule has 1 aliphatic rings. The zero-order chi connectivity index (χ0) is 24.1. The van der Waals surface area contributed by atoms with Gasteiger partial charge >= 0.3 is 5.97 Å². The van der Waals surface area contributed by atoms with E-state index in [1.54, 1.807) is 0 Å². The second kappa shape index (κ2) is 10.8. The molecule has 1 fully saturated rings. The standard InChI is InChI=1S/C27H31FN2O4/c1-18-26(22-12-23(28)14-24(13-22)33-2)27(21-6-4-3-5-7-21)29-30(18)15-19-8-10-20(11-9-19)16-34-17-25(31)32/h3-7,12-14,19-20H,8-11,15-17H2,1-2H3,(H,31,32)/t19-,20-. The lowest BCUT2D eigenvalue weighted by Crippen LogP contribution is -2.23. The number of carboxylic acids is 1. The van der Waals surface area contributed by atoms with Crippen molar-refractivity contribution < 1.29 is 23.8 Å². The van der Waals surface area contributed by atoms with Crippen LogP contribution in [0.2, 0.25) is 0 Å². The van der Waals surface area contributed by atoms with Gasteiger partial charge in [-0.2, -0.15) is 5.10 Å². The molecule has 34 heavy (non-hydrogen) atoms. The van der Waals surface area contributed by atoms with E-state index in [1.807, 2.05) is 43.3 Å². The Morgan fingerprint density at radius 3 is 2.47 bits per heavy atom. The van der Waals surface area contributed by atoms with Gasteiger partial charge in [-0.05, 0) is 62.1 Å². The number of carboxylic acid groups (broad SMARTS) is 1. The zero-order valence-electron chi connectivity index (χ0n) is 19.7. The highest BCUT2D eigenvalue weighted by molar-refractivity contribution is 5.83. The number of rotatable bonds is 9. The minimum Gasteiger partial charge on any atom is -0.497 e. The van der Waals surface area contributed by atoms with Gasteiger partial charge in [0.1, 0.15) is 23.9 Å². The van der Waals surface area contributed by atoms with Gasteiger partial charge in [0.15, 0.2) is 0 Å². The highest BCUT2D eigenvalue weighted by Crippen LogP contribution is 2.37. The molecule has 7 heteroatoms. The Hall–Kier alpha value is -3.19. The smallest absolute Gasteiger partial charge is 0.329 e. The fourth-order valence-electron chi connectivity index (χ4n) is 4.83. The van der Waals surface area contributed by atoms with Crippen molar-refractivity contribution in [2.24, 2.45) is 11.8 Å². The third kappa shape index (κ3) is 5.65. The van der Waals surface area contributed by atoms with Crippen molar-refractivity contribution in [1.29, 1.82) is 0 Å². The summed E-state index contributed by atoms with van der Waals surface area (Å²) in [5, 5.41) is 13.7. The van der Waals surface area contributed by atoms with Crippen molar-refractivity contribution in [3.63, 3.8) is 0 Å². The van der Waals surface area contributed by atoms with Crippen molar-refractivity contribution in [1.82, 2.24) is 9.78 Å². The van der Waals surface area contributed by atoms with E-state index in [0.29, 0.717) is 24.2 Å². The van der Waals surface area contributed by atoms with E-state index < -0.39 is 5.97 Å². The predicted octanol–water partition coefficient (Wildman–Crippen LogP) is 5.58. The van der Waals surface area contributed by atoms with Gasteiger partial charge in [0, 0.05) is 29.4 Å². The maximum absolute atomic E-state index is 14.4. The number of methoxy groups -OCH3 is 1. The van der Waals surface area contributed by atoms with Gasteiger partial charge < -0.3 is 14.6 Å². The molecule has 0 radical (unpaired) electrons. The Morgan fingerprint density at radius 2 is 1.79 bits per heavy atom. The van der Waals surface area contributed by atoms with Gasteiger partial charge in [-0.15, -0.1) is 0 Å². The van der Waals surface area contributed by atoms with Crippen molar-refractivity contribution in [3.8, 4) is 28.1 Å². The molecule has 0 spiro atoms. The number of aliphatic carboxylic acids is 1. The van der Waals surface area contributed by atoms with Crippen LogP contribution in [0.3, 0.4) is 0 Å². The van der Waals surface area contributed by atoms with Crippen LogP contribution in [0, 0.1) is 24.6 Å². The van der Waals surface area contributed by atoms with Crippen LogP contribution in [0.15, 0.2) is 48.5 Å². The summed E-state index contributed by atoms with van der Waals surface area (Å²) >= 11 is 0. The maximum atomic E-state index is 14.4. The average Bonchev–Trinajstić information content (AvgIpc) is 3.16. The molecule has 1 aromatic heterocycles. The molecule has 6 nitrogen and oxygen atoms in total. The number of carbonyl (C=O) groups is 1. The van der Waals surface area contributed by atoms with E-state index in [2.05, 4.69) is 4.68 Å². The largest absolute Gasteiger partial charge is 0.497 e. The minimum atomic E-state index is -0.927. The number of nitrogens with zero attached hydrogens (tertiary/aromatic N) is 2. The van der Waals surface area contributed by atoms with Gasteiger partial charge in [-0.3, -0.25) is 4.68 Å². The lowest BCUT2D eigenvalue weighted by molar-refractivity contribution is -0.142. The molecule has 0 aliphatic heterocycles. The summed E-state index contributed by atoms with van der Waals surface area (Å²) in [6, 6.07) is 14.7. The van der Waals surface area contributed by atoms with Crippen LogP contribution in [-0.4, -0.2) is 41.2 Å². The molecule has 2 aromatic carbocycles. The number of hydrogen-bond acceptors (Lipinski definition) is 4. The monoisotopic (exact) mass is 466 g/mol. The molecule has 1 saturated carbocycles. The summed E-state index contributed by atoms with van der Waals surface area (Å²) in [4.78, 5) is 10.7. The van der Waals surface area contributed by atoms with Crippen LogP contribution in [0.5, 0.6) is 5.75 Å². The number of ether oxygens (including phenoxy) is 2. The van der Waals surface area contributed by atoms with Gasteiger partial charge in [-0.25, -0.2) is 9.18 Å². The fraction of sp³-hybridized carbons (Fsp3) is 0.407. The first-order valence-corrected chi connectivity index (χ1v) is 11.7. The molecule has 0 atom stereocenters. The Morgan fingerprint density at radius 1 is 1.09 bits per heavy atom. The van der Waals surface area contributed by atoms with Crippen LogP contribution >= 0.6 is 0 Å². The fourth-order valence-corrected chi connectivity index (χ4v) is 4.83. The Bertz CT molecular complexity index is 1120. The molecule has 0 unspecified atom stereocenters. The molecule has 0 amide bonds. The van der Waals surface area contributed by atoms with Crippen LogP contribution in [0.25, 0.3) is 22.4 Å². The number of halogens is 1. The van der Waals surface area contributed by atoms with Crippen LogP contribution in [-0.2, 0) is 16.1 Å². The van der Waals surface area contributed by atoms with Gasteiger partial charge in [0.25, 0.3) is 0 Å². The average molecular weight is 467 g/mol. The highest BCUT2D eigenvalue weighted by Gasteiger charge is 2.25. The molecule has 0 bridgehead atoms. The third-order valence-electron chi connectivity index (χ3n) is 6.63. The Balaban J connectivity index is 1.57. The second-order valence-electron chi connectivity index (χ2n) is 9.03. The van der Waals surface area contributed by atoms with Crippen molar-refractivity contribution in [3.05, 3.63) is 60.0 Å². The van der Waals surface area contributed by atoms with E-state index in [0.717, 1.165) is 60.3 Å². The minimum absolute atomic E-state index is 0.234. The van der Waals surface area contributed by atoms with Crippen molar-refractivity contribution in [2.75, 3.05) is 20.3 Å². The van der Waals surface area contributed by atoms with Crippen LogP contribution in [0.4, 0.5) is 4.39 Å². The van der Waals surface area contributed by atoms with Crippen LogP contribution in [0.1, 0.15) is 31.4 Å². The summed E-state index contributed by atoms with van der Waals surface area (Å²) in [6.45, 7) is 3.10. The summed E-state index contributed by atoms with van der Waals surface area (Å²) in [5.41, 5.74) is 4.49. The summed E-state index contributed by atoms with van der Waals surface area (Å²) < 4.78 is 27.0. The van der Waals surface area contributed by atoms with E-state index in [-0.39, 0.29) is 12.4 Å². The van der Waals surface area contributed by atoms with Crippen molar-refractivity contribution in [2.45, 2.75) is 39.2 Å². The highest BCUT2D eigenvalue weighted by atomic mass is 19.1. The van der Waals surface area contributed by atoms with Crippen LogP contribution < -0.4 is 4.74 Å². The summed E-state index contributed by atoms with van der Waals surface area (Å²) in [5.74, 6) is 0.0923. The number of hydrogen-bond donors (Lipinski definition) is 1. The first kappa shape index (κ1) is 24.0. The number of benzene rings is 2. The third-order valence-corrected chi connectivity index (χ3v) is 6.63. The lowest BCUT2D eigenvalue weighted by Gasteiger charge is -2.28. The molecule has 1 aliphatic carbocycles. The molecule has 0 saturated heterocycles. The van der Waals surface area contributed by atoms with E-state index >= 15 is 0 Å². The first-order valence-electron chi connectivity index (χ1n) is 11.7. The van der Waals surface area contributed by atoms with Gasteiger partial charge in [0.05, 0.1) is 13.7 Å². The lowest BCUT2D eigenvalue weighted by atomic mass is 9.82. The normalized spacial score (nSPS) is 18.1. The van der Waals surface area contributed by atoms with Crippen molar-refractivity contribution >= 4 is 5.97 Å². The number of aromatic nitrogens is 2. The Kier molecular flexibility index (Phi) is 7.63. The summed E-state index contributed by atoms with van der Waals surface area (Å²) in [6.07, 6.45) is 4.13. The predicted molar refractivity (Wildman–Crippen MR) is 128 cm³/mol. The Labute approximate surface area is 199 Å². The van der Waals surface area contributed by atoms with E-state index in [4.69, 9.17) is 19.7 Å². The molecule has 3 aromatic rings. The molecular formula is C27H31FN2O4. The maximum Gasteiger partial charge on any atom is 0.329 e. The molecular weight excluding hydrogens is 435 g/mol. The van der Waals surface area contributed by atoms with Gasteiger partial charge in [0.2, 0.25) is 0 Å². The van der Waals surface area contributed by atoms with Gasteiger partial charge in [-0.1, -0.05) is 30.3 Å². The second-order valence-corrected chi connectivity index (χ2v) is 9.03. The van der Waals surface area contributed by atoms with E-state index in [1.165, 1.54) is 19.2 Å². The zero-order valence-corrected chi connectivity index (χ0v) is 19.7. The molecule has 1 N–H and O–H groups in total. The topological polar surface area (TPSA) is 73.6 Å². The molecule has 180 valence electrons. The quantitative estimate of drug-likeness (QED) is 0.446. The SMILES string of the molecule is COc1cc(F)cc(-c2c(-c3ccccc3)nn(C[C@H]3CC[C@H](COCC(=O)O)CC3)c2C)c1.